The van der Waals surface area contributed by atoms with Gasteiger partial charge in [0.05, 0.1) is 6.54 Å². The third-order valence-corrected chi connectivity index (χ3v) is 2.54. The molecular formula is C14H14N2O5. The number of nitrogens with one attached hydrogen (secondary N) is 1. The highest BCUT2D eigenvalue weighted by molar-refractivity contribution is 6.02. The average Bonchev–Trinajstić information content (AvgIpc) is 2.94. The number of anilines is 1. The molecule has 0 bridgehead atoms. The van der Waals surface area contributed by atoms with Gasteiger partial charge in [-0.25, -0.2) is 4.79 Å². The van der Waals surface area contributed by atoms with Gasteiger partial charge in [-0.05, 0) is 24.3 Å². The number of carboxylic acids is 1. The first-order valence-electron chi connectivity index (χ1n) is 6.13. The van der Waals surface area contributed by atoms with Crippen molar-refractivity contribution in [3.63, 3.8) is 0 Å². The van der Waals surface area contributed by atoms with Crippen LogP contribution in [0.2, 0.25) is 0 Å². The number of carbonyl (C=O) groups is 2. The lowest BCUT2D eigenvalue weighted by Gasteiger charge is -2.07. The minimum absolute atomic E-state index is 0.146. The van der Waals surface area contributed by atoms with E-state index in [4.69, 9.17) is 20.0 Å². The van der Waals surface area contributed by atoms with Crippen molar-refractivity contribution in [1.82, 2.24) is 0 Å². The van der Waals surface area contributed by atoms with Gasteiger partial charge in [-0.1, -0.05) is 6.07 Å². The Labute approximate surface area is 120 Å². The maximum atomic E-state index is 11.9. The van der Waals surface area contributed by atoms with E-state index in [0.29, 0.717) is 17.2 Å². The van der Waals surface area contributed by atoms with Crippen LogP contribution in [0.1, 0.15) is 16.3 Å². The Morgan fingerprint density at radius 2 is 2.10 bits per heavy atom. The zero-order valence-electron chi connectivity index (χ0n) is 11.0. The summed E-state index contributed by atoms with van der Waals surface area (Å²) in [5, 5.41) is 11.2. The fourth-order valence-electron chi connectivity index (χ4n) is 1.61. The molecule has 0 radical (unpaired) electrons. The Hall–Kier alpha value is -2.80. The number of hydrogen-bond acceptors (Lipinski definition) is 5. The number of aliphatic carboxylic acids is 1. The first kappa shape index (κ1) is 14.6. The Morgan fingerprint density at radius 3 is 2.76 bits per heavy atom. The van der Waals surface area contributed by atoms with E-state index < -0.39 is 18.5 Å². The van der Waals surface area contributed by atoms with Crippen LogP contribution in [0.25, 0.3) is 0 Å². The molecule has 0 fully saturated rings. The molecule has 0 saturated heterocycles. The summed E-state index contributed by atoms with van der Waals surface area (Å²) in [5.74, 6) is -0.497. The van der Waals surface area contributed by atoms with E-state index in [0.717, 1.165) is 0 Å². The molecule has 1 aromatic heterocycles. The molecule has 1 heterocycles. The minimum Gasteiger partial charge on any atom is -0.482 e. The van der Waals surface area contributed by atoms with E-state index in [-0.39, 0.29) is 12.3 Å². The third-order valence-electron chi connectivity index (χ3n) is 2.54. The van der Waals surface area contributed by atoms with Crippen LogP contribution in [0.15, 0.2) is 40.8 Å². The molecule has 0 saturated carbocycles. The second kappa shape index (κ2) is 6.58. The topological polar surface area (TPSA) is 115 Å². The number of hydrogen-bond donors (Lipinski definition) is 3. The van der Waals surface area contributed by atoms with Gasteiger partial charge in [0.2, 0.25) is 0 Å². The quantitative estimate of drug-likeness (QED) is 0.741. The molecule has 0 aliphatic carbocycles. The molecule has 21 heavy (non-hydrogen) atoms. The zero-order chi connectivity index (χ0) is 15.2. The van der Waals surface area contributed by atoms with Gasteiger partial charge in [-0.2, -0.15) is 0 Å². The second-order valence-electron chi connectivity index (χ2n) is 4.13. The summed E-state index contributed by atoms with van der Waals surface area (Å²) < 4.78 is 10.3. The minimum atomic E-state index is -1.07. The number of carboxylic acid groups (broad SMARTS) is 1. The summed E-state index contributed by atoms with van der Waals surface area (Å²) in [6.45, 7) is -0.235. The number of benzene rings is 1. The fourth-order valence-corrected chi connectivity index (χ4v) is 1.61. The Balaban J connectivity index is 2.03. The predicted octanol–water partition coefficient (Wildman–Crippen LogP) is 1.45. The molecule has 7 nitrogen and oxygen atoms in total. The number of amides is 1. The summed E-state index contributed by atoms with van der Waals surface area (Å²) >= 11 is 0. The van der Waals surface area contributed by atoms with Crippen molar-refractivity contribution in [3.05, 3.63) is 47.9 Å². The number of ether oxygens (including phenoxy) is 1. The highest BCUT2D eigenvalue weighted by Gasteiger charge is 2.11. The van der Waals surface area contributed by atoms with Crippen LogP contribution >= 0.6 is 0 Å². The summed E-state index contributed by atoms with van der Waals surface area (Å²) in [7, 11) is 0. The maximum Gasteiger partial charge on any atom is 0.341 e. The molecule has 0 unspecified atom stereocenters. The van der Waals surface area contributed by atoms with Gasteiger partial charge in [0.1, 0.15) is 11.5 Å². The fraction of sp³-hybridized carbons (Fsp3) is 0.143. The Kier molecular flexibility index (Phi) is 4.57. The third kappa shape index (κ3) is 4.08. The van der Waals surface area contributed by atoms with Gasteiger partial charge in [0.15, 0.2) is 12.4 Å². The number of furan rings is 1. The monoisotopic (exact) mass is 290 g/mol. The van der Waals surface area contributed by atoms with Crippen LogP contribution in [-0.2, 0) is 11.3 Å². The number of carbonyl (C=O) groups excluding carboxylic acids is 1. The van der Waals surface area contributed by atoms with Crippen LogP contribution in [0.4, 0.5) is 5.69 Å². The smallest absolute Gasteiger partial charge is 0.341 e. The van der Waals surface area contributed by atoms with E-state index >= 15 is 0 Å². The number of nitrogens with two attached hydrogens (primary N) is 1. The molecule has 0 aliphatic heterocycles. The van der Waals surface area contributed by atoms with Crippen LogP contribution < -0.4 is 15.8 Å². The molecule has 110 valence electrons. The van der Waals surface area contributed by atoms with Gasteiger partial charge >= 0.3 is 5.97 Å². The molecule has 1 amide bonds. The highest BCUT2D eigenvalue weighted by Crippen LogP contribution is 2.18. The Morgan fingerprint density at radius 1 is 1.29 bits per heavy atom. The SMILES string of the molecule is NCc1ccc(C(=O)Nc2cccc(OCC(=O)O)c2)o1. The lowest BCUT2D eigenvalue weighted by molar-refractivity contribution is -0.139. The van der Waals surface area contributed by atoms with E-state index in [2.05, 4.69) is 5.32 Å². The molecule has 1 aromatic carbocycles. The van der Waals surface area contributed by atoms with Crippen molar-refractivity contribution in [3.8, 4) is 5.75 Å². The van der Waals surface area contributed by atoms with Crippen LogP contribution in [0.5, 0.6) is 5.75 Å². The van der Waals surface area contributed by atoms with Crippen molar-refractivity contribution in [2.75, 3.05) is 11.9 Å². The summed E-state index contributed by atoms with van der Waals surface area (Å²) in [5.41, 5.74) is 5.87. The van der Waals surface area contributed by atoms with Gasteiger partial charge in [0, 0.05) is 11.8 Å². The molecule has 7 heteroatoms. The maximum absolute atomic E-state index is 11.9. The summed E-state index contributed by atoms with van der Waals surface area (Å²) in [4.78, 5) is 22.4. The summed E-state index contributed by atoms with van der Waals surface area (Å²) in [6, 6.07) is 9.56. The van der Waals surface area contributed by atoms with E-state index in [1.807, 2.05) is 0 Å². The Bertz CT molecular complexity index is 650. The van der Waals surface area contributed by atoms with Gasteiger partial charge in [-0.15, -0.1) is 0 Å². The van der Waals surface area contributed by atoms with E-state index in [1.54, 1.807) is 24.3 Å². The van der Waals surface area contributed by atoms with Crippen molar-refractivity contribution in [2.45, 2.75) is 6.54 Å². The largest absolute Gasteiger partial charge is 0.482 e. The molecule has 0 atom stereocenters. The van der Waals surface area contributed by atoms with Gasteiger partial charge in [-0.3, -0.25) is 4.79 Å². The van der Waals surface area contributed by atoms with Crippen molar-refractivity contribution in [2.24, 2.45) is 5.73 Å². The standard InChI is InChI=1S/C14H14N2O5/c15-7-11-4-5-12(21-11)14(19)16-9-2-1-3-10(6-9)20-8-13(17)18/h1-6H,7-8,15H2,(H,16,19)(H,17,18). The first-order valence-corrected chi connectivity index (χ1v) is 6.13. The highest BCUT2D eigenvalue weighted by atomic mass is 16.5. The van der Waals surface area contributed by atoms with Gasteiger partial charge in [0.25, 0.3) is 5.91 Å². The van der Waals surface area contributed by atoms with Crippen LogP contribution in [-0.4, -0.2) is 23.6 Å². The lowest BCUT2D eigenvalue weighted by atomic mass is 10.3. The van der Waals surface area contributed by atoms with Crippen molar-refractivity contribution in [1.29, 1.82) is 0 Å². The molecule has 0 aliphatic rings. The lowest BCUT2D eigenvalue weighted by Crippen LogP contribution is -2.12. The van der Waals surface area contributed by atoms with Crippen molar-refractivity contribution >= 4 is 17.6 Å². The molecule has 0 spiro atoms. The summed E-state index contributed by atoms with van der Waals surface area (Å²) in [6.07, 6.45) is 0. The van der Waals surface area contributed by atoms with Gasteiger partial charge < -0.3 is 25.3 Å². The second-order valence-corrected chi connectivity index (χ2v) is 4.13. The molecule has 4 N–H and O–H groups in total. The van der Waals surface area contributed by atoms with Crippen LogP contribution in [0.3, 0.4) is 0 Å². The normalized spacial score (nSPS) is 10.1. The van der Waals surface area contributed by atoms with Crippen molar-refractivity contribution < 1.29 is 23.8 Å². The molecule has 2 rings (SSSR count). The van der Waals surface area contributed by atoms with E-state index in [9.17, 15) is 9.59 Å². The van der Waals surface area contributed by atoms with Crippen LogP contribution in [0, 0.1) is 0 Å². The molecular weight excluding hydrogens is 276 g/mol. The predicted molar refractivity (Wildman–Crippen MR) is 74.1 cm³/mol. The first-order chi connectivity index (χ1) is 10.1. The average molecular weight is 290 g/mol. The van der Waals surface area contributed by atoms with E-state index in [1.165, 1.54) is 12.1 Å². The molecule has 2 aromatic rings. The zero-order valence-corrected chi connectivity index (χ0v) is 11.0. The number of rotatable bonds is 6.